The van der Waals surface area contributed by atoms with E-state index < -0.39 is 5.97 Å². The molecule has 0 spiro atoms. The van der Waals surface area contributed by atoms with Gasteiger partial charge in [0.15, 0.2) is 11.5 Å². The highest BCUT2D eigenvalue weighted by Crippen LogP contribution is 2.21. The van der Waals surface area contributed by atoms with Crippen LogP contribution in [0, 0.1) is 12.7 Å². The number of aryl methyl sites for hydroxylation is 1. The third-order valence-electron chi connectivity index (χ3n) is 2.96. The van der Waals surface area contributed by atoms with Gasteiger partial charge in [-0.3, -0.25) is 4.79 Å². The maximum absolute atomic E-state index is 12.8. The van der Waals surface area contributed by atoms with E-state index in [1.165, 1.54) is 12.1 Å². The molecule has 21 heavy (non-hydrogen) atoms. The van der Waals surface area contributed by atoms with E-state index in [4.69, 9.17) is 9.15 Å². The van der Waals surface area contributed by atoms with Gasteiger partial charge in [0.25, 0.3) is 0 Å². The number of esters is 1. The zero-order chi connectivity index (χ0) is 14.8. The van der Waals surface area contributed by atoms with Crippen molar-refractivity contribution >= 4 is 17.1 Å². The molecule has 2 aromatic carbocycles. The van der Waals surface area contributed by atoms with Gasteiger partial charge in [-0.25, -0.2) is 9.37 Å². The van der Waals surface area contributed by atoms with Gasteiger partial charge in [-0.2, -0.15) is 0 Å². The lowest BCUT2D eigenvalue weighted by atomic mass is 10.1. The van der Waals surface area contributed by atoms with E-state index in [0.717, 1.165) is 0 Å². The molecule has 0 bridgehead atoms. The van der Waals surface area contributed by atoms with E-state index in [2.05, 4.69) is 4.98 Å². The number of nitrogens with zero attached hydrogens (tertiary/aromatic N) is 1. The Morgan fingerprint density at radius 2 is 2.00 bits per heavy atom. The Labute approximate surface area is 120 Å². The third kappa shape index (κ3) is 3.08. The fraction of sp³-hybridized carbons (Fsp3) is 0.125. The van der Waals surface area contributed by atoms with Crippen molar-refractivity contribution in [1.82, 2.24) is 4.98 Å². The van der Waals surface area contributed by atoms with Gasteiger partial charge in [0.1, 0.15) is 17.1 Å². The largest absolute Gasteiger partial charge is 0.441 e. The smallest absolute Gasteiger partial charge is 0.315 e. The lowest BCUT2D eigenvalue weighted by Gasteiger charge is -2.04. The van der Waals surface area contributed by atoms with Gasteiger partial charge in [0.05, 0.1) is 6.42 Å². The molecule has 0 atom stereocenters. The lowest BCUT2D eigenvalue weighted by molar-refractivity contribution is -0.133. The Kier molecular flexibility index (Phi) is 3.39. The first-order valence-electron chi connectivity index (χ1n) is 6.42. The summed E-state index contributed by atoms with van der Waals surface area (Å²) >= 11 is 0. The van der Waals surface area contributed by atoms with Crippen molar-refractivity contribution in [3.8, 4) is 5.75 Å². The molecule has 0 radical (unpaired) electrons. The van der Waals surface area contributed by atoms with Gasteiger partial charge in [-0.05, 0) is 29.8 Å². The predicted molar refractivity (Wildman–Crippen MR) is 74.5 cm³/mol. The summed E-state index contributed by atoms with van der Waals surface area (Å²) in [5.74, 6) is 0.211. The van der Waals surface area contributed by atoms with Gasteiger partial charge < -0.3 is 9.15 Å². The van der Waals surface area contributed by atoms with Crippen LogP contribution in [0.3, 0.4) is 0 Å². The standard InChI is InChI=1S/C16H12FNO3/c1-10-18-14-9-13(6-7-15(14)20-10)21-16(19)8-11-2-4-12(17)5-3-11/h2-7,9H,8H2,1H3. The van der Waals surface area contributed by atoms with E-state index in [1.807, 2.05) is 0 Å². The van der Waals surface area contributed by atoms with Crippen molar-refractivity contribution in [2.45, 2.75) is 13.3 Å². The summed E-state index contributed by atoms with van der Waals surface area (Å²) in [6, 6.07) is 10.7. The molecule has 0 aliphatic rings. The second kappa shape index (κ2) is 5.36. The highest BCUT2D eigenvalue weighted by molar-refractivity contribution is 5.78. The number of halogens is 1. The van der Waals surface area contributed by atoms with Crippen molar-refractivity contribution in [2.24, 2.45) is 0 Å². The summed E-state index contributed by atoms with van der Waals surface area (Å²) in [6.45, 7) is 1.75. The van der Waals surface area contributed by atoms with E-state index in [-0.39, 0.29) is 12.2 Å². The van der Waals surface area contributed by atoms with Crippen LogP contribution >= 0.6 is 0 Å². The molecule has 0 unspecified atom stereocenters. The molecule has 0 amide bonds. The molecular weight excluding hydrogens is 273 g/mol. The van der Waals surface area contributed by atoms with E-state index >= 15 is 0 Å². The molecule has 0 aliphatic heterocycles. The topological polar surface area (TPSA) is 52.3 Å². The average molecular weight is 285 g/mol. The number of ether oxygens (including phenoxy) is 1. The Morgan fingerprint density at radius 1 is 1.24 bits per heavy atom. The Bertz CT molecular complexity index is 793. The molecule has 1 aromatic heterocycles. The second-order valence-corrected chi connectivity index (χ2v) is 4.64. The molecule has 0 fully saturated rings. The number of carbonyl (C=O) groups excluding carboxylic acids is 1. The van der Waals surface area contributed by atoms with Crippen molar-refractivity contribution in [3.05, 3.63) is 59.7 Å². The number of aromatic nitrogens is 1. The fourth-order valence-corrected chi connectivity index (χ4v) is 2.02. The summed E-state index contributed by atoms with van der Waals surface area (Å²) in [7, 11) is 0. The molecule has 5 heteroatoms. The summed E-state index contributed by atoms with van der Waals surface area (Å²) in [6.07, 6.45) is 0.0795. The summed E-state index contributed by atoms with van der Waals surface area (Å²) < 4.78 is 23.4. The van der Waals surface area contributed by atoms with Crippen LogP contribution in [-0.2, 0) is 11.2 Å². The maximum atomic E-state index is 12.8. The SMILES string of the molecule is Cc1nc2cc(OC(=O)Cc3ccc(F)cc3)ccc2o1. The maximum Gasteiger partial charge on any atom is 0.315 e. The molecule has 3 aromatic rings. The van der Waals surface area contributed by atoms with Crippen LogP contribution in [-0.4, -0.2) is 11.0 Å². The Balaban J connectivity index is 1.71. The van der Waals surface area contributed by atoms with Gasteiger partial charge in [-0.1, -0.05) is 12.1 Å². The number of carbonyl (C=O) groups is 1. The van der Waals surface area contributed by atoms with Gasteiger partial charge in [0, 0.05) is 13.0 Å². The van der Waals surface area contributed by atoms with Crippen molar-refractivity contribution in [3.63, 3.8) is 0 Å². The highest BCUT2D eigenvalue weighted by Gasteiger charge is 2.09. The van der Waals surface area contributed by atoms with Crippen LogP contribution in [0.1, 0.15) is 11.5 Å². The minimum atomic E-state index is -0.416. The number of hydrogen-bond acceptors (Lipinski definition) is 4. The number of oxazole rings is 1. The zero-order valence-corrected chi connectivity index (χ0v) is 11.3. The monoisotopic (exact) mass is 285 g/mol. The first-order chi connectivity index (χ1) is 10.1. The number of benzene rings is 2. The van der Waals surface area contributed by atoms with E-state index in [0.29, 0.717) is 28.3 Å². The second-order valence-electron chi connectivity index (χ2n) is 4.64. The molecule has 3 rings (SSSR count). The van der Waals surface area contributed by atoms with Gasteiger partial charge >= 0.3 is 5.97 Å². The predicted octanol–water partition coefficient (Wildman–Crippen LogP) is 3.42. The van der Waals surface area contributed by atoms with Crippen LogP contribution in [0.25, 0.3) is 11.1 Å². The number of rotatable bonds is 3. The lowest BCUT2D eigenvalue weighted by Crippen LogP contribution is -2.11. The molecule has 0 N–H and O–H groups in total. The fourth-order valence-electron chi connectivity index (χ4n) is 2.02. The molecule has 1 heterocycles. The van der Waals surface area contributed by atoms with E-state index in [9.17, 15) is 9.18 Å². The Morgan fingerprint density at radius 3 is 2.76 bits per heavy atom. The molecule has 4 nitrogen and oxygen atoms in total. The number of fused-ring (bicyclic) bond motifs is 1. The van der Waals surface area contributed by atoms with E-state index in [1.54, 1.807) is 37.3 Å². The van der Waals surface area contributed by atoms with Crippen LogP contribution < -0.4 is 4.74 Å². The number of hydrogen-bond donors (Lipinski definition) is 0. The molecule has 0 aliphatic carbocycles. The summed E-state index contributed by atoms with van der Waals surface area (Å²) in [5.41, 5.74) is 1.98. The Hall–Kier alpha value is -2.69. The van der Waals surface area contributed by atoms with Crippen LogP contribution in [0.5, 0.6) is 5.75 Å². The third-order valence-corrected chi connectivity index (χ3v) is 2.96. The minimum Gasteiger partial charge on any atom is -0.441 e. The summed E-state index contributed by atoms with van der Waals surface area (Å²) in [5, 5.41) is 0. The average Bonchev–Trinajstić information content (AvgIpc) is 2.80. The quantitative estimate of drug-likeness (QED) is 0.546. The van der Waals surface area contributed by atoms with Crippen molar-refractivity contribution in [1.29, 1.82) is 0 Å². The first kappa shape index (κ1) is 13.3. The van der Waals surface area contributed by atoms with Crippen LogP contribution in [0.15, 0.2) is 46.9 Å². The van der Waals surface area contributed by atoms with Gasteiger partial charge in [0.2, 0.25) is 0 Å². The van der Waals surface area contributed by atoms with Crippen LogP contribution in [0.2, 0.25) is 0 Å². The highest BCUT2D eigenvalue weighted by atomic mass is 19.1. The molecule has 0 saturated heterocycles. The van der Waals surface area contributed by atoms with Gasteiger partial charge in [-0.15, -0.1) is 0 Å². The normalized spacial score (nSPS) is 10.8. The summed E-state index contributed by atoms with van der Waals surface area (Å²) in [4.78, 5) is 16.0. The first-order valence-corrected chi connectivity index (χ1v) is 6.42. The molecule has 0 saturated carbocycles. The van der Waals surface area contributed by atoms with Crippen molar-refractivity contribution in [2.75, 3.05) is 0 Å². The zero-order valence-electron chi connectivity index (χ0n) is 11.3. The van der Waals surface area contributed by atoms with Crippen molar-refractivity contribution < 1.29 is 18.3 Å². The molecular formula is C16H12FNO3. The minimum absolute atomic E-state index is 0.0795. The van der Waals surface area contributed by atoms with Crippen LogP contribution in [0.4, 0.5) is 4.39 Å². The molecule has 106 valence electrons.